The topological polar surface area (TPSA) is 35.5 Å². The van der Waals surface area contributed by atoms with Gasteiger partial charge in [0.2, 0.25) is 0 Å². The number of carbonyl (C=O) groups excluding carboxylic acids is 1. The van der Waals surface area contributed by atoms with Gasteiger partial charge in [0.1, 0.15) is 4.83 Å². The number of hydrogen-bond donors (Lipinski definition) is 0. The zero-order chi connectivity index (χ0) is 17.9. The van der Waals surface area contributed by atoms with Gasteiger partial charge < -0.3 is 9.47 Å². The Labute approximate surface area is 156 Å². The largest absolute Gasteiger partial charge is 0.487 e. The zero-order valence-corrected chi connectivity index (χ0v) is 16.7. The fraction of sp³-hybridized carbons (Fsp3) is 0.476. The monoisotopic (exact) mass is 402 g/mol. The Balaban J connectivity index is 2.00. The van der Waals surface area contributed by atoms with E-state index in [1.54, 1.807) is 0 Å². The maximum Gasteiger partial charge on any atom is 0.181 e. The van der Waals surface area contributed by atoms with Crippen molar-refractivity contribution in [1.29, 1.82) is 0 Å². The van der Waals surface area contributed by atoms with E-state index in [0.29, 0.717) is 0 Å². The molecule has 2 aromatic carbocycles. The second kappa shape index (κ2) is 6.01. The van der Waals surface area contributed by atoms with Crippen molar-refractivity contribution >= 4 is 32.5 Å². The van der Waals surface area contributed by atoms with E-state index in [1.807, 2.05) is 33.8 Å². The summed E-state index contributed by atoms with van der Waals surface area (Å²) in [4.78, 5) is 12.4. The molecule has 0 radical (unpaired) electrons. The third-order valence-corrected chi connectivity index (χ3v) is 5.82. The number of ketones is 1. The minimum atomic E-state index is -0.139. The number of halogens is 1. The van der Waals surface area contributed by atoms with E-state index >= 15 is 0 Å². The Hall–Kier alpha value is -1.55. The molecule has 4 heteroatoms. The van der Waals surface area contributed by atoms with Crippen LogP contribution < -0.4 is 9.47 Å². The Morgan fingerprint density at radius 3 is 2.12 bits per heavy atom. The molecule has 3 nitrogen and oxygen atoms in total. The van der Waals surface area contributed by atoms with Crippen molar-refractivity contribution < 1.29 is 14.3 Å². The van der Waals surface area contributed by atoms with Crippen LogP contribution in [0, 0.1) is 0 Å². The van der Waals surface area contributed by atoms with Gasteiger partial charge in [0.05, 0.1) is 12.2 Å². The van der Waals surface area contributed by atoms with E-state index in [2.05, 4.69) is 22.0 Å². The first-order chi connectivity index (χ1) is 11.9. The Morgan fingerprint density at radius 1 is 0.960 bits per heavy atom. The molecule has 0 aliphatic heterocycles. The zero-order valence-electron chi connectivity index (χ0n) is 15.1. The predicted octanol–water partition coefficient (Wildman–Crippen LogP) is 5.54. The lowest BCUT2D eigenvalue weighted by Crippen LogP contribution is -2.25. The van der Waals surface area contributed by atoms with Gasteiger partial charge in [0, 0.05) is 5.56 Å². The van der Waals surface area contributed by atoms with Crippen LogP contribution in [-0.4, -0.2) is 18.0 Å². The lowest BCUT2D eigenvalue weighted by atomic mass is 9.78. The van der Waals surface area contributed by atoms with Gasteiger partial charge >= 0.3 is 0 Å². The van der Waals surface area contributed by atoms with Crippen LogP contribution in [-0.2, 0) is 12.8 Å². The fourth-order valence-corrected chi connectivity index (χ4v) is 4.80. The summed E-state index contributed by atoms with van der Waals surface area (Å²) in [6, 6.07) is 4.10. The van der Waals surface area contributed by atoms with E-state index in [0.717, 1.165) is 47.1 Å². The lowest BCUT2D eigenvalue weighted by molar-refractivity contribution is 0.0967. The molecule has 0 N–H and O–H groups in total. The molecule has 132 valence electrons. The number of ether oxygens (including phenoxy) is 2. The molecule has 1 atom stereocenters. The molecule has 2 aromatic rings. The maximum atomic E-state index is 12.5. The predicted molar refractivity (Wildman–Crippen MR) is 103 cm³/mol. The molecular weight excluding hydrogens is 380 g/mol. The van der Waals surface area contributed by atoms with Gasteiger partial charge in [-0.1, -0.05) is 15.9 Å². The molecule has 0 saturated carbocycles. The Morgan fingerprint density at radius 2 is 1.52 bits per heavy atom. The molecule has 1 unspecified atom stereocenters. The minimum Gasteiger partial charge on any atom is -0.487 e. The van der Waals surface area contributed by atoms with Crippen LogP contribution in [0.25, 0.3) is 10.8 Å². The van der Waals surface area contributed by atoms with Gasteiger partial charge in [0.15, 0.2) is 17.3 Å². The highest BCUT2D eigenvalue weighted by molar-refractivity contribution is 9.09. The van der Waals surface area contributed by atoms with Crippen LogP contribution >= 0.6 is 15.9 Å². The van der Waals surface area contributed by atoms with E-state index in [1.165, 1.54) is 16.7 Å². The number of alkyl halides is 1. The van der Waals surface area contributed by atoms with Crippen molar-refractivity contribution in [2.24, 2.45) is 0 Å². The van der Waals surface area contributed by atoms with E-state index in [4.69, 9.17) is 9.47 Å². The molecule has 0 saturated heterocycles. The number of carbonyl (C=O) groups is 1. The smallest absolute Gasteiger partial charge is 0.181 e. The van der Waals surface area contributed by atoms with Gasteiger partial charge in [-0.3, -0.25) is 4.79 Å². The highest BCUT2D eigenvalue weighted by Gasteiger charge is 2.40. The highest BCUT2D eigenvalue weighted by Crippen LogP contribution is 2.51. The average Bonchev–Trinajstić information content (AvgIpc) is 3.01. The number of rotatable bonds is 4. The molecular formula is C21H23BrO3. The van der Waals surface area contributed by atoms with Crippen molar-refractivity contribution in [1.82, 2.24) is 0 Å². The summed E-state index contributed by atoms with van der Waals surface area (Å²) in [7, 11) is 0. The van der Waals surface area contributed by atoms with Crippen molar-refractivity contribution in [3.8, 4) is 11.5 Å². The lowest BCUT2D eigenvalue weighted by Gasteiger charge is -2.30. The third kappa shape index (κ3) is 2.57. The van der Waals surface area contributed by atoms with Gasteiger partial charge in [-0.25, -0.2) is 0 Å². The molecule has 0 heterocycles. The van der Waals surface area contributed by atoms with Crippen molar-refractivity contribution in [3.05, 3.63) is 34.4 Å². The number of fused-ring (bicyclic) bond motifs is 6. The first-order valence-corrected chi connectivity index (χ1v) is 9.97. The van der Waals surface area contributed by atoms with Crippen molar-refractivity contribution in [3.63, 3.8) is 0 Å². The molecule has 2 aliphatic carbocycles. The molecule has 0 aromatic heterocycles. The average molecular weight is 403 g/mol. The highest BCUT2D eigenvalue weighted by atomic mass is 79.9. The van der Waals surface area contributed by atoms with Crippen LogP contribution in [0.3, 0.4) is 0 Å². The summed E-state index contributed by atoms with van der Waals surface area (Å²) in [6.07, 6.45) is 3.40. The molecule has 0 spiro atoms. The number of aryl methyl sites for hydroxylation is 1. The van der Waals surface area contributed by atoms with E-state index < -0.39 is 0 Å². The molecule has 0 bridgehead atoms. The summed E-state index contributed by atoms with van der Waals surface area (Å²) in [5.41, 5.74) is 4.84. The minimum absolute atomic E-state index is 0.0480. The fourth-order valence-electron chi connectivity index (χ4n) is 4.07. The molecule has 4 rings (SSSR count). The maximum absolute atomic E-state index is 12.5. The second-order valence-electron chi connectivity index (χ2n) is 7.50. The summed E-state index contributed by atoms with van der Waals surface area (Å²) >= 11 is 3.56. The Kier molecular flexibility index (Phi) is 4.06. The van der Waals surface area contributed by atoms with Gasteiger partial charge in [-0.15, -0.1) is 0 Å². The number of benzene rings is 2. The summed E-state index contributed by atoms with van der Waals surface area (Å²) < 4.78 is 12.0. The SMILES string of the molecule is CC(C)Oc1cc2c3c(c4c(c2cc1OC(C)C)C(=O)C4Br)CCC3. The van der Waals surface area contributed by atoms with Crippen LogP contribution in [0.1, 0.15) is 66.0 Å². The second-order valence-corrected chi connectivity index (χ2v) is 8.42. The number of Topliss-reactive ketones (excluding diaryl/α,β-unsaturated/α-hetero) is 1. The first-order valence-electron chi connectivity index (χ1n) is 9.05. The molecule has 0 fully saturated rings. The quantitative estimate of drug-likeness (QED) is 0.630. The van der Waals surface area contributed by atoms with E-state index in [9.17, 15) is 4.79 Å². The van der Waals surface area contributed by atoms with E-state index in [-0.39, 0.29) is 22.8 Å². The molecule has 0 amide bonds. The first kappa shape index (κ1) is 16.9. The van der Waals surface area contributed by atoms with Crippen LogP contribution in [0.2, 0.25) is 0 Å². The Bertz CT molecular complexity index is 883. The summed E-state index contributed by atoms with van der Waals surface area (Å²) in [5, 5.41) is 2.17. The summed E-state index contributed by atoms with van der Waals surface area (Å²) in [5.74, 6) is 1.68. The standard InChI is InChI=1S/C21H23BrO3/c1-10(2)24-16-8-14-12-6-5-7-13(12)18-19(21(23)20(18)22)15(14)9-17(16)25-11(3)4/h8-11,20H,5-7H2,1-4H3. The van der Waals surface area contributed by atoms with Crippen LogP contribution in [0.4, 0.5) is 0 Å². The van der Waals surface area contributed by atoms with Crippen molar-refractivity contribution in [2.75, 3.05) is 0 Å². The molecule has 25 heavy (non-hydrogen) atoms. The van der Waals surface area contributed by atoms with Crippen LogP contribution in [0.15, 0.2) is 12.1 Å². The third-order valence-electron chi connectivity index (χ3n) is 4.95. The van der Waals surface area contributed by atoms with Crippen molar-refractivity contribution in [2.45, 2.75) is 64.0 Å². The number of hydrogen-bond acceptors (Lipinski definition) is 3. The normalized spacial score (nSPS) is 18.5. The summed E-state index contributed by atoms with van der Waals surface area (Å²) in [6.45, 7) is 8.04. The van der Waals surface area contributed by atoms with Crippen LogP contribution in [0.5, 0.6) is 11.5 Å². The van der Waals surface area contributed by atoms with Gasteiger partial charge in [0.25, 0.3) is 0 Å². The van der Waals surface area contributed by atoms with Gasteiger partial charge in [-0.05, 0) is 86.6 Å². The molecule has 2 aliphatic rings. The van der Waals surface area contributed by atoms with Gasteiger partial charge in [-0.2, -0.15) is 0 Å².